The summed E-state index contributed by atoms with van der Waals surface area (Å²) in [6, 6.07) is 7.72. The number of hydrogen-bond acceptors (Lipinski definition) is 5. The molecule has 0 fully saturated rings. The van der Waals surface area contributed by atoms with Crippen molar-refractivity contribution in [2.24, 2.45) is 5.92 Å². The lowest BCUT2D eigenvalue weighted by atomic mass is 9.96. The molecule has 1 atom stereocenters. The normalized spacial score (nSPS) is 13.2. The number of imidazole rings is 1. The molecule has 2 heterocycles. The average molecular weight is 383 g/mol. The number of benzene rings is 1. The van der Waals surface area contributed by atoms with Gasteiger partial charge in [-0.25, -0.2) is 4.98 Å². The van der Waals surface area contributed by atoms with Crippen LogP contribution in [0.25, 0.3) is 11.0 Å². The summed E-state index contributed by atoms with van der Waals surface area (Å²) in [4.78, 5) is 24.9. The molecule has 0 saturated heterocycles. The van der Waals surface area contributed by atoms with Gasteiger partial charge in [0.2, 0.25) is 11.8 Å². The number of amides is 1. The Labute approximate surface area is 165 Å². The first-order chi connectivity index (χ1) is 13.2. The fourth-order valence-electron chi connectivity index (χ4n) is 2.98. The van der Waals surface area contributed by atoms with Gasteiger partial charge < -0.3 is 14.8 Å². The van der Waals surface area contributed by atoms with Crippen molar-refractivity contribution in [2.45, 2.75) is 65.3 Å². The number of aromatic nitrogens is 4. The molecule has 28 heavy (non-hydrogen) atoms. The van der Waals surface area contributed by atoms with Crippen molar-refractivity contribution in [3.8, 4) is 0 Å². The molecule has 3 aromatic rings. The average Bonchev–Trinajstić information content (AvgIpc) is 3.25. The molecule has 0 aliphatic heterocycles. The van der Waals surface area contributed by atoms with Gasteiger partial charge in [0.25, 0.3) is 0 Å². The Balaban J connectivity index is 1.56. The van der Waals surface area contributed by atoms with Crippen molar-refractivity contribution in [3.63, 3.8) is 0 Å². The Morgan fingerprint density at radius 3 is 2.61 bits per heavy atom. The topological polar surface area (TPSA) is 96.7 Å². The largest absolute Gasteiger partial charge is 0.346 e. The van der Waals surface area contributed by atoms with Crippen molar-refractivity contribution in [3.05, 3.63) is 41.8 Å². The van der Waals surface area contributed by atoms with Crippen LogP contribution in [0.3, 0.4) is 0 Å². The molecule has 2 aromatic heterocycles. The molecule has 0 aliphatic rings. The smallest absolute Gasteiger partial charge is 0.226 e. The van der Waals surface area contributed by atoms with Gasteiger partial charge in [-0.3, -0.25) is 4.79 Å². The van der Waals surface area contributed by atoms with Gasteiger partial charge in [-0.15, -0.1) is 0 Å². The maximum absolute atomic E-state index is 12.5. The summed E-state index contributed by atoms with van der Waals surface area (Å²) >= 11 is 0. The maximum atomic E-state index is 12.5. The number of rotatable bonds is 7. The zero-order valence-electron chi connectivity index (χ0n) is 17.2. The molecule has 1 unspecified atom stereocenters. The fraction of sp³-hybridized carbons (Fsp3) is 0.524. The molecule has 2 N–H and O–H groups in total. The summed E-state index contributed by atoms with van der Waals surface area (Å²) in [5.74, 6) is 2.27. The minimum Gasteiger partial charge on any atom is -0.346 e. The summed E-state index contributed by atoms with van der Waals surface area (Å²) < 4.78 is 5.29. The minimum absolute atomic E-state index is 0.00489. The van der Waals surface area contributed by atoms with Gasteiger partial charge >= 0.3 is 0 Å². The second-order valence-corrected chi connectivity index (χ2v) is 8.54. The molecule has 0 aliphatic carbocycles. The summed E-state index contributed by atoms with van der Waals surface area (Å²) in [5, 5.41) is 7.13. The van der Waals surface area contributed by atoms with Crippen LogP contribution in [0.15, 0.2) is 28.8 Å². The highest BCUT2D eigenvalue weighted by Gasteiger charge is 2.23. The summed E-state index contributed by atoms with van der Waals surface area (Å²) in [6.07, 6.45) is 1.65. The van der Waals surface area contributed by atoms with E-state index in [9.17, 15) is 4.79 Å². The Bertz CT molecular complexity index is 903. The van der Waals surface area contributed by atoms with Crippen LogP contribution in [0.4, 0.5) is 0 Å². The third kappa shape index (κ3) is 4.77. The van der Waals surface area contributed by atoms with Crippen molar-refractivity contribution in [1.29, 1.82) is 0 Å². The van der Waals surface area contributed by atoms with Crippen molar-refractivity contribution in [1.82, 2.24) is 25.4 Å². The highest BCUT2D eigenvalue weighted by molar-refractivity contribution is 5.77. The lowest BCUT2D eigenvalue weighted by Gasteiger charge is -2.20. The van der Waals surface area contributed by atoms with Gasteiger partial charge in [0, 0.05) is 18.3 Å². The van der Waals surface area contributed by atoms with E-state index < -0.39 is 0 Å². The molecule has 7 nitrogen and oxygen atoms in total. The number of aryl methyl sites for hydroxylation is 1. The maximum Gasteiger partial charge on any atom is 0.226 e. The lowest BCUT2D eigenvalue weighted by molar-refractivity contribution is -0.122. The van der Waals surface area contributed by atoms with E-state index in [-0.39, 0.29) is 23.3 Å². The monoisotopic (exact) mass is 383 g/mol. The van der Waals surface area contributed by atoms with Crippen LogP contribution in [0.1, 0.15) is 71.0 Å². The van der Waals surface area contributed by atoms with E-state index in [1.807, 2.05) is 45.0 Å². The number of hydrogen-bond donors (Lipinski definition) is 2. The molecule has 0 saturated carbocycles. The first-order valence-electron chi connectivity index (χ1n) is 9.81. The summed E-state index contributed by atoms with van der Waals surface area (Å²) in [7, 11) is 0. The second-order valence-electron chi connectivity index (χ2n) is 8.54. The zero-order chi connectivity index (χ0) is 20.3. The lowest BCUT2D eigenvalue weighted by Crippen LogP contribution is -2.32. The van der Waals surface area contributed by atoms with E-state index >= 15 is 0 Å². The van der Waals surface area contributed by atoms with Crippen LogP contribution in [-0.2, 0) is 16.6 Å². The zero-order valence-corrected chi connectivity index (χ0v) is 17.2. The molecule has 1 amide bonds. The molecule has 0 spiro atoms. The molecule has 1 aromatic carbocycles. The Kier molecular flexibility index (Phi) is 5.82. The number of carbonyl (C=O) groups is 1. The number of para-hydroxylation sites is 2. The summed E-state index contributed by atoms with van der Waals surface area (Å²) in [5.41, 5.74) is 1.74. The van der Waals surface area contributed by atoms with Crippen molar-refractivity contribution >= 4 is 16.9 Å². The Morgan fingerprint density at radius 2 is 1.96 bits per heavy atom. The van der Waals surface area contributed by atoms with Crippen LogP contribution in [0.5, 0.6) is 0 Å². The first kappa shape index (κ1) is 20.0. The Morgan fingerprint density at radius 1 is 1.21 bits per heavy atom. The SMILES string of the molecule is CC(C)C(NC(=O)CCCc1nc(C(C)(C)C)no1)c1nc2ccccc2[nH]1. The molecule has 3 rings (SSSR count). The van der Waals surface area contributed by atoms with Gasteiger partial charge in [0.05, 0.1) is 17.1 Å². The third-order valence-corrected chi connectivity index (χ3v) is 4.62. The molecule has 0 bridgehead atoms. The van der Waals surface area contributed by atoms with Crippen molar-refractivity contribution in [2.75, 3.05) is 0 Å². The number of nitrogens with one attached hydrogen (secondary N) is 2. The van der Waals surface area contributed by atoms with E-state index in [4.69, 9.17) is 4.52 Å². The fourth-order valence-corrected chi connectivity index (χ4v) is 2.98. The van der Waals surface area contributed by atoms with E-state index in [0.717, 1.165) is 16.9 Å². The van der Waals surface area contributed by atoms with Gasteiger partial charge in [-0.05, 0) is 24.5 Å². The van der Waals surface area contributed by atoms with Crippen LogP contribution < -0.4 is 5.32 Å². The Hall–Kier alpha value is -2.70. The van der Waals surface area contributed by atoms with Gasteiger partial charge in [-0.2, -0.15) is 4.98 Å². The number of H-pyrrole nitrogens is 1. The van der Waals surface area contributed by atoms with Gasteiger partial charge in [-0.1, -0.05) is 51.9 Å². The van der Waals surface area contributed by atoms with E-state index in [0.29, 0.717) is 31.0 Å². The number of nitrogens with zero attached hydrogens (tertiary/aromatic N) is 3. The predicted octanol–water partition coefficient (Wildman–Crippen LogP) is 4.08. The highest BCUT2D eigenvalue weighted by atomic mass is 16.5. The van der Waals surface area contributed by atoms with E-state index in [1.165, 1.54) is 0 Å². The quantitative estimate of drug-likeness (QED) is 0.641. The third-order valence-electron chi connectivity index (χ3n) is 4.62. The van der Waals surface area contributed by atoms with Crippen LogP contribution in [0.2, 0.25) is 0 Å². The number of fused-ring (bicyclic) bond motifs is 1. The van der Waals surface area contributed by atoms with Crippen LogP contribution >= 0.6 is 0 Å². The number of aromatic amines is 1. The molecule has 150 valence electrons. The van der Waals surface area contributed by atoms with E-state index in [2.05, 4.69) is 39.3 Å². The van der Waals surface area contributed by atoms with Crippen LogP contribution in [-0.4, -0.2) is 26.0 Å². The second kappa shape index (κ2) is 8.12. The van der Waals surface area contributed by atoms with Crippen molar-refractivity contribution < 1.29 is 9.32 Å². The highest BCUT2D eigenvalue weighted by Crippen LogP contribution is 2.23. The number of carbonyl (C=O) groups excluding carboxylic acids is 1. The first-order valence-corrected chi connectivity index (χ1v) is 9.81. The van der Waals surface area contributed by atoms with E-state index in [1.54, 1.807) is 0 Å². The standard InChI is InChI=1S/C21H29N5O2/c1-13(2)18(19-22-14-9-6-7-10-15(14)23-19)24-16(27)11-8-12-17-25-20(26-28-17)21(3,4)5/h6-7,9-10,13,18H,8,11-12H2,1-5H3,(H,22,23)(H,24,27). The van der Waals surface area contributed by atoms with Gasteiger partial charge in [0.1, 0.15) is 5.82 Å². The molecular weight excluding hydrogens is 354 g/mol. The van der Waals surface area contributed by atoms with Crippen LogP contribution in [0, 0.1) is 5.92 Å². The molecule has 7 heteroatoms. The molecular formula is C21H29N5O2. The molecule has 0 radical (unpaired) electrons. The van der Waals surface area contributed by atoms with Gasteiger partial charge in [0.15, 0.2) is 5.82 Å². The minimum atomic E-state index is -0.157. The predicted molar refractivity (Wildman–Crippen MR) is 108 cm³/mol. The summed E-state index contributed by atoms with van der Waals surface area (Å²) in [6.45, 7) is 10.3.